The van der Waals surface area contributed by atoms with Crippen molar-refractivity contribution in [1.29, 1.82) is 0 Å². The summed E-state index contributed by atoms with van der Waals surface area (Å²) < 4.78 is 5.40. The molecule has 0 atom stereocenters. The predicted molar refractivity (Wildman–Crippen MR) is 94.2 cm³/mol. The molecule has 2 N–H and O–H groups in total. The van der Waals surface area contributed by atoms with E-state index in [0.29, 0.717) is 19.0 Å². The number of hydrogen-bond donors (Lipinski definition) is 2. The van der Waals surface area contributed by atoms with Crippen LogP contribution in [-0.4, -0.2) is 36.1 Å². The van der Waals surface area contributed by atoms with E-state index in [9.17, 15) is 0 Å². The molecule has 0 saturated heterocycles. The lowest BCUT2D eigenvalue weighted by molar-refractivity contribution is 0.326. The monoisotopic (exact) mass is 333 g/mol. The highest BCUT2D eigenvalue weighted by molar-refractivity contribution is 7.11. The Bertz CT molecular complexity index is 641. The standard InChI is InChI=1S/C16H23N5OS/c1-4-22-14-9-13(5-7-18-14)11-21-16(17-3)19-8-6-15-20-10-12(2)23-15/h5,7,9-10H,4,6,8,11H2,1-3H3,(H2,17,19,21). The molecule has 0 spiro atoms. The molecule has 0 saturated carbocycles. The van der Waals surface area contributed by atoms with E-state index < -0.39 is 0 Å². The second-order valence-electron chi connectivity index (χ2n) is 4.90. The molecule has 0 amide bonds. The number of aliphatic imine (C=N–C) groups is 1. The zero-order chi connectivity index (χ0) is 16.5. The van der Waals surface area contributed by atoms with E-state index in [1.807, 2.05) is 25.3 Å². The van der Waals surface area contributed by atoms with E-state index in [1.54, 1.807) is 24.6 Å². The average molecular weight is 333 g/mol. The van der Waals surface area contributed by atoms with E-state index in [2.05, 4.69) is 32.5 Å². The van der Waals surface area contributed by atoms with Crippen LogP contribution < -0.4 is 15.4 Å². The Hall–Kier alpha value is -2.15. The van der Waals surface area contributed by atoms with E-state index in [1.165, 1.54) is 4.88 Å². The molecule has 6 nitrogen and oxygen atoms in total. The molecule has 0 aliphatic heterocycles. The highest BCUT2D eigenvalue weighted by Gasteiger charge is 2.02. The summed E-state index contributed by atoms with van der Waals surface area (Å²) in [5.74, 6) is 1.42. The Labute approximate surface area is 141 Å². The number of ether oxygens (including phenoxy) is 1. The topological polar surface area (TPSA) is 71.4 Å². The Morgan fingerprint density at radius 1 is 1.35 bits per heavy atom. The molecule has 0 unspecified atom stereocenters. The van der Waals surface area contributed by atoms with Gasteiger partial charge in [-0.1, -0.05) is 0 Å². The molecule has 23 heavy (non-hydrogen) atoms. The smallest absolute Gasteiger partial charge is 0.213 e. The first-order chi connectivity index (χ1) is 11.2. The van der Waals surface area contributed by atoms with Gasteiger partial charge in [0.05, 0.1) is 11.6 Å². The molecule has 0 fully saturated rings. The molecule has 2 aromatic rings. The van der Waals surface area contributed by atoms with E-state index >= 15 is 0 Å². The summed E-state index contributed by atoms with van der Waals surface area (Å²) in [7, 11) is 1.76. The van der Waals surface area contributed by atoms with Gasteiger partial charge in [0.15, 0.2) is 5.96 Å². The van der Waals surface area contributed by atoms with Gasteiger partial charge in [0.1, 0.15) is 0 Å². The van der Waals surface area contributed by atoms with Crippen molar-refractivity contribution in [3.63, 3.8) is 0 Å². The van der Waals surface area contributed by atoms with Crippen LogP contribution in [0.4, 0.5) is 0 Å². The molecule has 0 bridgehead atoms. The first kappa shape index (κ1) is 17.2. The maximum Gasteiger partial charge on any atom is 0.213 e. The second kappa shape index (κ2) is 9.09. The van der Waals surface area contributed by atoms with Crippen molar-refractivity contribution in [3.8, 4) is 5.88 Å². The Balaban J connectivity index is 1.77. The van der Waals surface area contributed by atoms with E-state index in [0.717, 1.165) is 29.5 Å². The number of rotatable bonds is 7. The molecular formula is C16H23N5OS. The van der Waals surface area contributed by atoms with Crippen molar-refractivity contribution >= 4 is 17.3 Å². The van der Waals surface area contributed by atoms with Crippen molar-refractivity contribution in [3.05, 3.63) is 40.0 Å². The van der Waals surface area contributed by atoms with Crippen LogP contribution in [0.5, 0.6) is 5.88 Å². The Morgan fingerprint density at radius 2 is 2.22 bits per heavy atom. The molecule has 0 aliphatic carbocycles. The quantitative estimate of drug-likeness (QED) is 0.600. The maximum atomic E-state index is 5.40. The van der Waals surface area contributed by atoms with E-state index in [-0.39, 0.29) is 0 Å². The lowest BCUT2D eigenvalue weighted by Gasteiger charge is -2.12. The van der Waals surface area contributed by atoms with Crippen LogP contribution in [-0.2, 0) is 13.0 Å². The van der Waals surface area contributed by atoms with Crippen LogP contribution >= 0.6 is 11.3 Å². The summed E-state index contributed by atoms with van der Waals surface area (Å²) in [4.78, 5) is 14.0. The fourth-order valence-corrected chi connectivity index (χ4v) is 2.79. The third-order valence-corrected chi connectivity index (χ3v) is 4.05. The van der Waals surface area contributed by atoms with Crippen LogP contribution in [0, 0.1) is 6.92 Å². The van der Waals surface area contributed by atoms with Crippen LogP contribution in [0.15, 0.2) is 29.5 Å². The van der Waals surface area contributed by atoms with Crippen LogP contribution in [0.1, 0.15) is 22.4 Å². The molecule has 2 heterocycles. The molecule has 124 valence electrons. The number of pyridine rings is 1. The fourth-order valence-electron chi connectivity index (χ4n) is 2.00. The summed E-state index contributed by atoms with van der Waals surface area (Å²) in [5, 5.41) is 7.72. The number of thiazole rings is 1. The number of aryl methyl sites for hydroxylation is 1. The molecule has 0 radical (unpaired) electrons. The molecule has 2 rings (SSSR count). The van der Waals surface area contributed by atoms with Crippen molar-refractivity contribution in [2.24, 2.45) is 4.99 Å². The number of nitrogens with one attached hydrogen (secondary N) is 2. The van der Waals surface area contributed by atoms with Gasteiger partial charge < -0.3 is 15.4 Å². The summed E-state index contributed by atoms with van der Waals surface area (Å²) in [5.41, 5.74) is 1.10. The lowest BCUT2D eigenvalue weighted by Crippen LogP contribution is -2.37. The molecule has 0 aromatic carbocycles. The van der Waals surface area contributed by atoms with Gasteiger partial charge in [-0.15, -0.1) is 11.3 Å². The van der Waals surface area contributed by atoms with Crippen molar-refractivity contribution < 1.29 is 4.74 Å². The minimum Gasteiger partial charge on any atom is -0.478 e. The highest BCUT2D eigenvalue weighted by atomic mass is 32.1. The minimum atomic E-state index is 0.614. The average Bonchev–Trinajstić information content (AvgIpc) is 2.97. The van der Waals surface area contributed by atoms with Crippen molar-refractivity contribution in [2.75, 3.05) is 20.2 Å². The summed E-state index contributed by atoms with van der Waals surface area (Å²) in [6.07, 6.45) is 4.55. The maximum absolute atomic E-state index is 5.40. The van der Waals surface area contributed by atoms with Crippen LogP contribution in [0.2, 0.25) is 0 Å². The fraction of sp³-hybridized carbons (Fsp3) is 0.438. The second-order valence-corrected chi connectivity index (χ2v) is 6.22. The summed E-state index contributed by atoms with van der Waals surface area (Å²) >= 11 is 1.73. The molecule has 2 aromatic heterocycles. The summed E-state index contributed by atoms with van der Waals surface area (Å²) in [6.45, 7) is 6.09. The van der Waals surface area contributed by atoms with Gasteiger partial charge in [-0.3, -0.25) is 4.99 Å². The normalized spacial score (nSPS) is 11.3. The number of aromatic nitrogens is 2. The Kier molecular flexibility index (Phi) is 6.80. The van der Waals surface area contributed by atoms with Gasteiger partial charge in [-0.05, 0) is 25.5 Å². The third kappa shape index (κ3) is 5.86. The van der Waals surface area contributed by atoms with Gasteiger partial charge >= 0.3 is 0 Å². The molecule has 7 heteroatoms. The first-order valence-corrected chi connectivity index (χ1v) is 8.46. The van der Waals surface area contributed by atoms with Crippen LogP contribution in [0.3, 0.4) is 0 Å². The highest BCUT2D eigenvalue weighted by Crippen LogP contribution is 2.11. The van der Waals surface area contributed by atoms with Crippen molar-refractivity contribution in [2.45, 2.75) is 26.8 Å². The first-order valence-electron chi connectivity index (χ1n) is 7.64. The molecule has 0 aliphatic rings. The number of hydrogen-bond acceptors (Lipinski definition) is 5. The molecular weight excluding hydrogens is 310 g/mol. The van der Waals surface area contributed by atoms with Crippen molar-refractivity contribution in [1.82, 2.24) is 20.6 Å². The zero-order valence-electron chi connectivity index (χ0n) is 13.8. The largest absolute Gasteiger partial charge is 0.478 e. The van der Waals surface area contributed by atoms with Crippen LogP contribution in [0.25, 0.3) is 0 Å². The van der Waals surface area contributed by atoms with Gasteiger partial charge in [0, 0.05) is 49.9 Å². The van der Waals surface area contributed by atoms with Gasteiger partial charge in [0.25, 0.3) is 0 Å². The van der Waals surface area contributed by atoms with E-state index in [4.69, 9.17) is 4.74 Å². The van der Waals surface area contributed by atoms with Gasteiger partial charge in [0.2, 0.25) is 5.88 Å². The SMILES string of the molecule is CCOc1cc(CNC(=NC)NCCc2ncc(C)s2)ccn1. The Morgan fingerprint density at radius 3 is 2.91 bits per heavy atom. The lowest BCUT2D eigenvalue weighted by atomic mass is 10.2. The third-order valence-electron chi connectivity index (χ3n) is 3.08. The van der Waals surface area contributed by atoms with Gasteiger partial charge in [-0.2, -0.15) is 0 Å². The summed E-state index contributed by atoms with van der Waals surface area (Å²) in [6, 6.07) is 3.89. The number of nitrogens with zero attached hydrogens (tertiary/aromatic N) is 3. The van der Waals surface area contributed by atoms with Gasteiger partial charge in [-0.25, -0.2) is 9.97 Å². The number of guanidine groups is 1. The minimum absolute atomic E-state index is 0.614. The zero-order valence-corrected chi connectivity index (χ0v) is 14.6. The predicted octanol–water partition coefficient (Wildman–Crippen LogP) is 2.15.